The number of nitrogens with one attached hydrogen (secondary N) is 1. The first kappa shape index (κ1) is 14.6. The number of halogens is 1. The van der Waals surface area contributed by atoms with Crippen LogP contribution in [0.3, 0.4) is 0 Å². The van der Waals surface area contributed by atoms with Gasteiger partial charge in [0.2, 0.25) is 0 Å². The smallest absolute Gasteiger partial charge is 0.147 e. The van der Waals surface area contributed by atoms with E-state index < -0.39 is 0 Å². The molecule has 0 saturated carbocycles. The van der Waals surface area contributed by atoms with Crippen molar-refractivity contribution >= 4 is 29.2 Å². The monoisotopic (exact) mass is 273 g/mol. The lowest BCUT2D eigenvalue weighted by Gasteiger charge is -2.19. The molecule has 0 atom stereocenters. The van der Waals surface area contributed by atoms with Gasteiger partial charge >= 0.3 is 0 Å². The van der Waals surface area contributed by atoms with Gasteiger partial charge in [-0.3, -0.25) is 0 Å². The lowest BCUT2D eigenvalue weighted by molar-refractivity contribution is 0.724. The third-order valence-electron chi connectivity index (χ3n) is 2.45. The molecule has 3 nitrogen and oxygen atoms in total. The van der Waals surface area contributed by atoms with Crippen LogP contribution in [-0.2, 0) is 6.54 Å². The minimum atomic E-state index is 0.726. The summed E-state index contributed by atoms with van der Waals surface area (Å²) in [5, 5.41) is 3.99. The molecule has 1 aromatic heterocycles. The standard InChI is InChI=1S/C12H20ClN3S/c1-4-14-8-10-7-11(13)12(15-9-10)16(2)5-6-17-3/h7,9,14H,4-6,8H2,1-3H3. The number of nitrogens with zero attached hydrogens (tertiary/aromatic N) is 2. The second kappa shape index (κ2) is 7.80. The van der Waals surface area contributed by atoms with E-state index in [0.29, 0.717) is 0 Å². The van der Waals surface area contributed by atoms with Gasteiger partial charge in [0.05, 0.1) is 5.02 Å². The number of hydrogen-bond donors (Lipinski definition) is 1. The molecule has 0 bridgehead atoms. The maximum atomic E-state index is 6.24. The molecule has 17 heavy (non-hydrogen) atoms. The molecular formula is C12H20ClN3S. The highest BCUT2D eigenvalue weighted by atomic mass is 35.5. The molecule has 0 saturated heterocycles. The molecular weight excluding hydrogens is 254 g/mol. The van der Waals surface area contributed by atoms with Crippen molar-refractivity contribution in [2.24, 2.45) is 0 Å². The van der Waals surface area contributed by atoms with Gasteiger partial charge in [-0.15, -0.1) is 0 Å². The lowest BCUT2D eigenvalue weighted by atomic mass is 10.2. The second-order valence-electron chi connectivity index (χ2n) is 3.84. The van der Waals surface area contributed by atoms with Crippen LogP contribution < -0.4 is 10.2 Å². The van der Waals surface area contributed by atoms with Crippen molar-refractivity contribution in [1.82, 2.24) is 10.3 Å². The van der Waals surface area contributed by atoms with E-state index in [2.05, 4.69) is 28.4 Å². The van der Waals surface area contributed by atoms with E-state index in [1.54, 1.807) is 0 Å². The van der Waals surface area contributed by atoms with Crippen molar-refractivity contribution in [3.63, 3.8) is 0 Å². The molecule has 0 amide bonds. The third kappa shape index (κ3) is 4.74. The number of anilines is 1. The van der Waals surface area contributed by atoms with Crippen LogP contribution >= 0.6 is 23.4 Å². The van der Waals surface area contributed by atoms with E-state index in [9.17, 15) is 0 Å². The summed E-state index contributed by atoms with van der Waals surface area (Å²) >= 11 is 8.07. The molecule has 0 aliphatic carbocycles. The molecule has 1 aromatic rings. The molecule has 0 aliphatic heterocycles. The van der Waals surface area contributed by atoms with Crippen LogP contribution in [0.25, 0.3) is 0 Å². The summed E-state index contributed by atoms with van der Waals surface area (Å²) < 4.78 is 0. The van der Waals surface area contributed by atoms with E-state index in [4.69, 9.17) is 11.6 Å². The van der Waals surface area contributed by atoms with E-state index in [1.165, 1.54) is 0 Å². The minimum absolute atomic E-state index is 0.726. The van der Waals surface area contributed by atoms with Crippen molar-refractivity contribution in [3.8, 4) is 0 Å². The normalized spacial score (nSPS) is 10.6. The van der Waals surface area contributed by atoms with Gasteiger partial charge in [0.1, 0.15) is 5.82 Å². The zero-order valence-electron chi connectivity index (χ0n) is 10.7. The number of rotatable bonds is 7. The Labute approximate surface area is 113 Å². The molecule has 0 aliphatic rings. The predicted octanol–water partition coefficient (Wildman–Crippen LogP) is 2.64. The summed E-state index contributed by atoms with van der Waals surface area (Å²) in [5.74, 6) is 1.94. The van der Waals surface area contributed by atoms with Gasteiger partial charge in [0.15, 0.2) is 0 Å². The largest absolute Gasteiger partial charge is 0.358 e. The van der Waals surface area contributed by atoms with Gasteiger partial charge < -0.3 is 10.2 Å². The van der Waals surface area contributed by atoms with Gasteiger partial charge in [0.25, 0.3) is 0 Å². The summed E-state index contributed by atoms with van der Waals surface area (Å²) in [5.41, 5.74) is 1.12. The Kier molecular flexibility index (Phi) is 6.70. The van der Waals surface area contributed by atoms with Crippen molar-refractivity contribution in [1.29, 1.82) is 0 Å². The average molecular weight is 274 g/mol. The Morgan fingerprint density at radius 1 is 1.53 bits per heavy atom. The fourth-order valence-corrected chi connectivity index (χ4v) is 2.24. The Morgan fingerprint density at radius 3 is 2.88 bits per heavy atom. The van der Waals surface area contributed by atoms with Gasteiger partial charge in [-0.1, -0.05) is 18.5 Å². The van der Waals surface area contributed by atoms with Crippen molar-refractivity contribution in [3.05, 3.63) is 22.8 Å². The van der Waals surface area contributed by atoms with Crippen LogP contribution in [0.15, 0.2) is 12.3 Å². The van der Waals surface area contributed by atoms with Crippen LogP contribution in [0.4, 0.5) is 5.82 Å². The Bertz CT molecular complexity index is 347. The molecule has 0 radical (unpaired) electrons. The summed E-state index contributed by atoms with van der Waals surface area (Å²) in [6.07, 6.45) is 3.99. The summed E-state index contributed by atoms with van der Waals surface area (Å²) in [6, 6.07) is 1.99. The number of thioether (sulfide) groups is 1. The highest BCUT2D eigenvalue weighted by Crippen LogP contribution is 2.23. The van der Waals surface area contributed by atoms with E-state index >= 15 is 0 Å². The maximum Gasteiger partial charge on any atom is 0.147 e. The minimum Gasteiger partial charge on any atom is -0.358 e. The first-order valence-corrected chi connectivity index (χ1v) is 7.51. The molecule has 0 aromatic carbocycles. The zero-order valence-corrected chi connectivity index (χ0v) is 12.2. The molecule has 5 heteroatoms. The Hall–Kier alpha value is -0.450. The number of aromatic nitrogens is 1. The predicted molar refractivity (Wildman–Crippen MR) is 78.3 cm³/mol. The maximum absolute atomic E-state index is 6.24. The lowest BCUT2D eigenvalue weighted by Crippen LogP contribution is -2.22. The summed E-state index contributed by atoms with van der Waals surface area (Å²) in [4.78, 5) is 6.52. The fraction of sp³-hybridized carbons (Fsp3) is 0.583. The molecule has 0 fully saturated rings. The number of pyridine rings is 1. The van der Waals surface area contributed by atoms with Gasteiger partial charge in [-0.2, -0.15) is 11.8 Å². The van der Waals surface area contributed by atoms with Gasteiger partial charge in [-0.25, -0.2) is 4.98 Å². The first-order valence-electron chi connectivity index (χ1n) is 5.74. The van der Waals surface area contributed by atoms with Gasteiger partial charge in [0, 0.05) is 32.1 Å². The molecule has 1 heterocycles. The molecule has 1 rings (SSSR count). The molecule has 0 spiro atoms. The second-order valence-corrected chi connectivity index (χ2v) is 5.24. The zero-order chi connectivity index (χ0) is 12.7. The molecule has 96 valence electrons. The topological polar surface area (TPSA) is 28.2 Å². The fourth-order valence-electron chi connectivity index (χ4n) is 1.45. The van der Waals surface area contributed by atoms with Crippen LogP contribution in [0.1, 0.15) is 12.5 Å². The molecule has 0 unspecified atom stereocenters. The molecule has 1 N–H and O–H groups in total. The Balaban J connectivity index is 2.68. The van der Waals surface area contributed by atoms with E-state index in [-0.39, 0.29) is 0 Å². The van der Waals surface area contributed by atoms with Crippen molar-refractivity contribution < 1.29 is 0 Å². The van der Waals surface area contributed by atoms with Crippen LogP contribution in [0.2, 0.25) is 5.02 Å². The van der Waals surface area contributed by atoms with Crippen molar-refractivity contribution in [2.75, 3.05) is 37.0 Å². The van der Waals surface area contributed by atoms with E-state index in [1.807, 2.05) is 31.1 Å². The highest BCUT2D eigenvalue weighted by molar-refractivity contribution is 7.98. The third-order valence-corrected chi connectivity index (χ3v) is 3.32. The first-order chi connectivity index (χ1) is 8.19. The van der Waals surface area contributed by atoms with Crippen LogP contribution in [-0.4, -0.2) is 37.1 Å². The Morgan fingerprint density at radius 2 is 2.29 bits per heavy atom. The van der Waals surface area contributed by atoms with E-state index in [0.717, 1.165) is 41.8 Å². The van der Waals surface area contributed by atoms with Gasteiger partial charge in [-0.05, 0) is 24.4 Å². The summed E-state index contributed by atoms with van der Waals surface area (Å²) in [6.45, 7) is 4.81. The summed E-state index contributed by atoms with van der Waals surface area (Å²) in [7, 11) is 2.02. The average Bonchev–Trinajstić information content (AvgIpc) is 2.33. The highest BCUT2D eigenvalue weighted by Gasteiger charge is 2.08. The quantitative estimate of drug-likeness (QED) is 0.827. The SMILES string of the molecule is CCNCc1cnc(N(C)CCSC)c(Cl)c1. The number of hydrogen-bond acceptors (Lipinski definition) is 4. The van der Waals surface area contributed by atoms with Crippen LogP contribution in [0, 0.1) is 0 Å². The van der Waals surface area contributed by atoms with Crippen LogP contribution in [0.5, 0.6) is 0 Å². The van der Waals surface area contributed by atoms with Crippen molar-refractivity contribution in [2.45, 2.75) is 13.5 Å².